The van der Waals surface area contributed by atoms with Crippen LogP contribution in [0.15, 0.2) is 77.8 Å². The summed E-state index contributed by atoms with van der Waals surface area (Å²) in [6, 6.07) is 22.9. The quantitative estimate of drug-likeness (QED) is 0.398. The predicted octanol–water partition coefficient (Wildman–Crippen LogP) is 7.78. The average Bonchev–Trinajstić information content (AvgIpc) is 2.73. The normalized spacial score (nSPS) is 15.2. The molecular formula is C27H27ClN2. The van der Waals surface area contributed by atoms with E-state index < -0.39 is 0 Å². The number of hydrogen-bond donors (Lipinski definition) is 0. The second-order valence-corrected chi connectivity index (χ2v) is 8.69. The number of nitrogens with zero attached hydrogens (tertiary/aromatic N) is 2. The molecule has 0 fully saturated rings. The summed E-state index contributed by atoms with van der Waals surface area (Å²) in [4.78, 5) is 7.06. The number of likely N-dealkylation sites (N-methyl/N-ethyl adjacent to an activating group) is 1. The lowest BCUT2D eigenvalue weighted by Gasteiger charge is -2.43. The highest BCUT2D eigenvalue weighted by Crippen LogP contribution is 2.41. The van der Waals surface area contributed by atoms with E-state index in [1.54, 1.807) is 0 Å². The predicted molar refractivity (Wildman–Crippen MR) is 131 cm³/mol. The number of halogens is 1. The number of allylic oxidation sites excluding steroid dienone is 1. The second-order valence-electron chi connectivity index (χ2n) is 8.29. The van der Waals surface area contributed by atoms with Gasteiger partial charge in [-0.05, 0) is 68.7 Å². The molecule has 0 unspecified atom stereocenters. The van der Waals surface area contributed by atoms with Crippen LogP contribution in [-0.2, 0) is 0 Å². The lowest BCUT2D eigenvalue weighted by molar-refractivity contribution is 0.566. The number of rotatable bonds is 4. The summed E-state index contributed by atoms with van der Waals surface area (Å²) in [7, 11) is 0. The molecule has 0 aromatic heterocycles. The molecule has 2 nitrogen and oxygen atoms in total. The van der Waals surface area contributed by atoms with Gasteiger partial charge in [-0.1, -0.05) is 60.1 Å². The van der Waals surface area contributed by atoms with E-state index in [-0.39, 0.29) is 5.54 Å². The number of aliphatic imine (C=N–C) groups is 1. The zero-order chi connectivity index (χ0) is 21.3. The van der Waals surface area contributed by atoms with Gasteiger partial charge in [0.15, 0.2) is 0 Å². The number of hydrogen-bond acceptors (Lipinski definition) is 2. The van der Waals surface area contributed by atoms with Gasteiger partial charge >= 0.3 is 0 Å². The SMILES string of the molecule is CCN1c2cc(Cl)c(C=Nc3ccc(-c4ccccc4)cc3)cc2C(C)=CC1(C)C. The average molecular weight is 415 g/mol. The lowest BCUT2D eigenvalue weighted by Crippen LogP contribution is -2.44. The minimum absolute atomic E-state index is 0.0226. The molecule has 3 aromatic carbocycles. The van der Waals surface area contributed by atoms with Crippen LogP contribution in [0.5, 0.6) is 0 Å². The Hall–Kier alpha value is -2.84. The maximum absolute atomic E-state index is 6.66. The largest absolute Gasteiger partial charge is 0.363 e. The van der Waals surface area contributed by atoms with Crippen molar-refractivity contribution in [1.29, 1.82) is 0 Å². The van der Waals surface area contributed by atoms with Gasteiger partial charge in [-0.25, -0.2) is 0 Å². The van der Waals surface area contributed by atoms with Gasteiger partial charge in [-0.3, -0.25) is 4.99 Å². The van der Waals surface area contributed by atoms with Crippen LogP contribution in [-0.4, -0.2) is 18.3 Å². The maximum Gasteiger partial charge on any atom is 0.0630 e. The van der Waals surface area contributed by atoms with Crippen LogP contribution in [0.3, 0.4) is 0 Å². The Morgan fingerprint density at radius 1 is 0.967 bits per heavy atom. The van der Waals surface area contributed by atoms with Gasteiger partial charge < -0.3 is 4.90 Å². The standard InChI is InChI=1S/C27H27ClN2/c1-5-30-26-16-25(28)22(15-24(26)19(2)17-27(30,3)4)18-29-23-13-11-21(12-14-23)20-9-7-6-8-10-20/h6-18H,5H2,1-4H3. The Bertz CT molecular complexity index is 1110. The van der Waals surface area contributed by atoms with E-state index in [4.69, 9.17) is 11.6 Å². The molecule has 3 heteroatoms. The molecule has 1 heterocycles. The molecular weight excluding hydrogens is 388 g/mol. The van der Waals surface area contributed by atoms with Gasteiger partial charge in [0.25, 0.3) is 0 Å². The van der Waals surface area contributed by atoms with Gasteiger partial charge in [-0.15, -0.1) is 0 Å². The molecule has 0 spiro atoms. The second kappa shape index (κ2) is 8.12. The van der Waals surface area contributed by atoms with Crippen LogP contribution in [0.4, 0.5) is 11.4 Å². The Morgan fingerprint density at radius 2 is 1.63 bits per heavy atom. The number of benzene rings is 3. The summed E-state index contributed by atoms with van der Waals surface area (Å²) in [6.07, 6.45) is 4.19. The first-order valence-corrected chi connectivity index (χ1v) is 10.8. The fraction of sp³-hybridized carbons (Fsp3) is 0.222. The highest BCUT2D eigenvalue weighted by Gasteiger charge is 2.30. The summed E-state index contributed by atoms with van der Waals surface area (Å²) in [6.45, 7) is 9.77. The van der Waals surface area contributed by atoms with E-state index >= 15 is 0 Å². The first-order valence-electron chi connectivity index (χ1n) is 10.4. The molecule has 4 rings (SSSR count). The minimum Gasteiger partial charge on any atom is -0.363 e. The Balaban J connectivity index is 1.63. The van der Waals surface area contributed by atoms with Crippen molar-refractivity contribution in [2.45, 2.75) is 33.2 Å². The van der Waals surface area contributed by atoms with Crippen molar-refractivity contribution >= 4 is 34.8 Å². The third kappa shape index (κ3) is 3.93. The van der Waals surface area contributed by atoms with Crippen LogP contribution in [0.25, 0.3) is 16.7 Å². The monoisotopic (exact) mass is 414 g/mol. The molecule has 0 aliphatic carbocycles. The lowest BCUT2D eigenvalue weighted by atomic mass is 9.88. The third-order valence-electron chi connectivity index (χ3n) is 5.74. The first kappa shape index (κ1) is 20.4. The summed E-state index contributed by atoms with van der Waals surface area (Å²) in [5.74, 6) is 0. The van der Waals surface area contributed by atoms with E-state index in [2.05, 4.69) is 92.2 Å². The summed E-state index contributed by atoms with van der Waals surface area (Å²) < 4.78 is 0. The van der Waals surface area contributed by atoms with Gasteiger partial charge in [0.2, 0.25) is 0 Å². The highest BCUT2D eigenvalue weighted by atomic mass is 35.5. The highest BCUT2D eigenvalue weighted by molar-refractivity contribution is 6.33. The fourth-order valence-electron chi connectivity index (χ4n) is 4.31. The Morgan fingerprint density at radius 3 is 2.30 bits per heavy atom. The van der Waals surface area contributed by atoms with Crippen molar-refractivity contribution in [3.05, 3.63) is 89.0 Å². The summed E-state index contributed by atoms with van der Waals surface area (Å²) >= 11 is 6.66. The van der Waals surface area contributed by atoms with E-state index in [0.29, 0.717) is 0 Å². The van der Waals surface area contributed by atoms with Crippen LogP contribution in [0.1, 0.15) is 38.8 Å². The fourth-order valence-corrected chi connectivity index (χ4v) is 4.51. The molecule has 0 saturated carbocycles. The Labute approximate surface area is 184 Å². The molecule has 0 bridgehead atoms. The van der Waals surface area contributed by atoms with E-state index in [1.165, 1.54) is 28.0 Å². The van der Waals surface area contributed by atoms with E-state index in [1.807, 2.05) is 24.4 Å². The van der Waals surface area contributed by atoms with Crippen LogP contribution < -0.4 is 4.90 Å². The van der Waals surface area contributed by atoms with Crippen LogP contribution >= 0.6 is 11.6 Å². The van der Waals surface area contributed by atoms with E-state index in [0.717, 1.165) is 22.8 Å². The minimum atomic E-state index is -0.0226. The first-order chi connectivity index (χ1) is 14.4. The van der Waals surface area contributed by atoms with Crippen LogP contribution in [0.2, 0.25) is 5.02 Å². The molecule has 0 radical (unpaired) electrons. The molecule has 1 aliphatic heterocycles. The van der Waals surface area contributed by atoms with Crippen molar-refractivity contribution in [2.75, 3.05) is 11.4 Å². The molecule has 30 heavy (non-hydrogen) atoms. The Kier molecular flexibility index (Phi) is 5.53. The van der Waals surface area contributed by atoms with E-state index in [9.17, 15) is 0 Å². The summed E-state index contributed by atoms with van der Waals surface area (Å²) in [5, 5.41) is 0.724. The van der Waals surface area contributed by atoms with Gasteiger partial charge in [-0.2, -0.15) is 0 Å². The third-order valence-corrected chi connectivity index (χ3v) is 6.07. The van der Waals surface area contributed by atoms with Gasteiger partial charge in [0.05, 0.1) is 16.2 Å². The zero-order valence-electron chi connectivity index (χ0n) is 18.0. The van der Waals surface area contributed by atoms with Gasteiger partial charge in [0.1, 0.15) is 0 Å². The molecule has 0 saturated heterocycles. The maximum atomic E-state index is 6.66. The van der Waals surface area contributed by atoms with Gasteiger partial charge in [0, 0.05) is 29.6 Å². The molecule has 0 amide bonds. The van der Waals surface area contributed by atoms with Crippen molar-refractivity contribution in [1.82, 2.24) is 0 Å². The van der Waals surface area contributed by atoms with Crippen molar-refractivity contribution < 1.29 is 0 Å². The molecule has 152 valence electrons. The molecule has 0 N–H and O–H groups in total. The molecule has 0 atom stereocenters. The number of anilines is 1. The smallest absolute Gasteiger partial charge is 0.0630 e. The zero-order valence-corrected chi connectivity index (χ0v) is 18.7. The molecule has 1 aliphatic rings. The van der Waals surface area contributed by atoms with Crippen LogP contribution in [0, 0.1) is 0 Å². The van der Waals surface area contributed by atoms with Crippen molar-refractivity contribution in [3.63, 3.8) is 0 Å². The van der Waals surface area contributed by atoms with Crippen molar-refractivity contribution in [3.8, 4) is 11.1 Å². The number of fused-ring (bicyclic) bond motifs is 1. The summed E-state index contributed by atoms with van der Waals surface area (Å²) in [5.41, 5.74) is 7.90. The topological polar surface area (TPSA) is 15.6 Å². The molecule has 3 aromatic rings. The van der Waals surface area contributed by atoms with Crippen molar-refractivity contribution in [2.24, 2.45) is 4.99 Å².